The summed E-state index contributed by atoms with van der Waals surface area (Å²) in [6.07, 6.45) is 4.54. The molecule has 0 saturated heterocycles. The van der Waals surface area contributed by atoms with Gasteiger partial charge in [0, 0.05) is 6.08 Å². The number of hydrogen-bond acceptors (Lipinski definition) is 5. The molecule has 2 heterocycles. The minimum absolute atomic E-state index is 0.237. The van der Waals surface area contributed by atoms with E-state index in [1.807, 2.05) is 13.8 Å². The molecule has 0 aliphatic heterocycles. The van der Waals surface area contributed by atoms with Crippen LogP contribution >= 0.6 is 11.3 Å². The Morgan fingerprint density at radius 2 is 2.37 bits per heavy atom. The van der Waals surface area contributed by atoms with Crippen LogP contribution in [0.25, 0.3) is 6.08 Å². The smallest absolute Gasteiger partial charge is 0.250 e. The molecule has 2 aromatic rings. The molecule has 0 fully saturated rings. The molecule has 0 aliphatic carbocycles. The lowest BCUT2D eigenvalue weighted by Gasteiger charge is -1.99. The van der Waals surface area contributed by atoms with Crippen molar-refractivity contribution in [3.8, 4) is 0 Å². The summed E-state index contributed by atoms with van der Waals surface area (Å²) in [5.74, 6) is 0.595. The zero-order valence-electron chi connectivity index (χ0n) is 10.7. The molecule has 0 atom stereocenters. The topological polar surface area (TPSA) is 81.2 Å². The van der Waals surface area contributed by atoms with E-state index in [1.165, 1.54) is 17.4 Å². The number of amides is 1. The molecule has 3 N–H and O–H groups in total. The second-order valence-electron chi connectivity index (χ2n) is 4.26. The number of carbonyl (C=O) groups excluding carboxylic acids is 1. The van der Waals surface area contributed by atoms with Crippen molar-refractivity contribution in [2.24, 2.45) is 0 Å². The molecule has 2 rings (SSSR count). The first-order valence-corrected chi connectivity index (χ1v) is 6.66. The van der Waals surface area contributed by atoms with Gasteiger partial charge in [-0.2, -0.15) is 0 Å². The number of nitrogens with two attached hydrogens (primary N) is 1. The Labute approximate surface area is 115 Å². The van der Waals surface area contributed by atoms with Crippen LogP contribution in [0.2, 0.25) is 0 Å². The fourth-order valence-corrected chi connectivity index (χ4v) is 2.39. The number of hydrogen-bond donors (Lipinski definition) is 2. The van der Waals surface area contributed by atoms with Crippen molar-refractivity contribution in [1.82, 2.24) is 4.98 Å². The summed E-state index contributed by atoms with van der Waals surface area (Å²) >= 11 is 1.27. The largest absolute Gasteiger partial charge is 0.465 e. The normalized spacial score (nSPS) is 11.3. The van der Waals surface area contributed by atoms with E-state index in [0.29, 0.717) is 15.9 Å². The number of anilines is 2. The Bertz CT molecular complexity index is 585. The number of nitrogen functional groups attached to an aromatic ring is 1. The summed E-state index contributed by atoms with van der Waals surface area (Å²) < 4.78 is 5.09. The van der Waals surface area contributed by atoms with E-state index in [9.17, 15) is 4.79 Å². The molecule has 6 heteroatoms. The van der Waals surface area contributed by atoms with E-state index in [2.05, 4.69) is 10.3 Å². The Balaban J connectivity index is 2.01. The lowest BCUT2D eigenvalue weighted by atomic mass is 10.1. The molecule has 19 heavy (non-hydrogen) atoms. The van der Waals surface area contributed by atoms with Gasteiger partial charge in [0.1, 0.15) is 10.8 Å². The second kappa shape index (κ2) is 5.71. The summed E-state index contributed by atoms with van der Waals surface area (Å²) in [5, 5.41) is 3.83. The highest BCUT2D eigenvalue weighted by molar-refractivity contribution is 7.19. The third-order valence-electron chi connectivity index (χ3n) is 2.40. The molecule has 0 radical (unpaired) electrons. The Kier molecular flexibility index (Phi) is 4.01. The number of furan rings is 1. The van der Waals surface area contributed by atoms with Crippen LogP contribution in [0.15, 0.2) is 28.9 Å². The number of nitrogens with zero attached hydrogens (tertiary/aromatic N) is 1. The molecular weight excluding hydrogens is 262 g/mol. The zero-order valence-corrected chi connectivity index (χ0v) is 11.5. The van der Waals surface area contributed by atoms with Crippen molar-refractivity contribution in [2.45, 2.75) is 19.8 Å². The van der Waals surface area contributed by atoms with E-state index < -0.39 is 0 Å². The van der Waals surface area contributed by atoms with Crippen LogP contribution in [0.1, 0.15) is 31.2 Å². The molecular formula is C13H15N3O2S. The molecule has 0 bridgehead atoms. The number of rotatable bonds is 4. The fourth-order valence-electron chi connectivity index (χ4n) is 1.50. The molecule has 0 aliphatic rings. The van der Waals surface area contributed by atoms with E-state index >= 15 is 0 Å². The number of carbonyl (C=O) groups is 1. The molecule has 5 nitrogen and oxygen atoms in total. The highest BCUT2D eigenvalue weighted by atomic mass is 32.1. The molecule has 0 saturated carbocycles. The average molecular weight is 277 g/mol. The number of nitrogens with one attached hydrogen (secondary N) is 1. The minimum atomic E-state index is -0.263. The van der Waals surface area contributed by atoms with Gasteiger partial charge in [-0.15, -0.1) is 0 Å². The lowest BCUT2D eigenvalue weighted by Crippen LogP contribution is -2.07. The third-order valence-corrected chi connectivity index (χ3v) is 3.22. The Morgan fingerprint density at radius 3 is 2.95 bits per heavy atom. The lowest BCUT2D eigenvalue weighted by molar-refractivity contribution is -0.111. The quantitative estimate of drug-likeness (QED) is 0.841. The van der Waals surface area contributed by atoms with Gasteiger partial charge < -0.3 is 10.2 Å². The predicted molar refractivity (Wildman–Crippen MR) is 77.0 cm³/mol. The fraction of sp³-hybridized carbons (Fsp3) is 0.231. The van der Waals surface area contributed by atoms with Gasteiger partial charge in [0.2, 0.25) is 5.91 Å². The van der Waals surface area contributed by atoms with Gasteiger partial charge in [-0.3, -0.25) is 10.1 Å². The first-order chi connectivity index (χ1) is 9.06. The van der Waals surface area contributed by atoms with Crippen molar-refractivity contribution >= 4 is 33.5 Å². The standard InChI is InChI=1S/C13H15N3O2S/c1-8(2)11-12(14)19-13(16-11)15-10(17)6-5-9-4-3-7-18-9/h3-8H,14H2,1-2H3,(H,15,16,17)/b6-5+. The van der Waals surface area contributed by atoms with Gasteiger partial charge in [-0.05, 0) is 24.1 Å². The van der Waals surface area contributed by atoms with Crippen LogP contribution < -0.4 is 11.1 Å². The Hall–Kier alpha value is -2.08. The van der Waals surface area contributed by atoms with Crippen molar-refractivity contribution in [3.63, 3.8) is 0 Å². The molecule has 0 unspecified atom stereocenters. The van der Waals surface area contributed by atoms with Gasteiger partial charge >= 0.3 is 0 Å². The van der Waals surface area contributed by atoms with Crippen molar-refractivity contribution in [3.05, 3.63) is 35.9 Å². The van der Waals surface area contributed by atoms with Gasteiger partial charge in [0.25, 0.3) is 0 Å². The summed E-state index contributed by atoms with van der Waals surface area (Å²) in [5.41, 5.74) is 6.66. The van der Waals surface area contributed by atoms with Crippen LogP contribution in [0.3, 0.4) is 0 Å². The first kappa shape index (κ1) is 13.4. The van der Waals surface area contributed by atoms with Crippen molar-refractivity contribution in [1.29, 1.82) is 0 Å². The summed E-state index contributed by atoms with van der Waals surface area (Å²) in [6, 6.07) is 3.52. The van der Waals surface area contributed by atoms with Crippen LogP contribution in [-0.2, 0) is 4.79 Å². The van der Waals surface area contributed by atoms with Gasteiger partial charge in [-0.1, -0.05) is 25.2 Å². The second-order valence-corrected chi connectivity index (χ2v) is 5.29. The molecule has 0 spiro atoms. The monoisotopic (exact) mass is 277 g/mol. The maximum Gasteiger partial charge on any atom is 0.250 e. The molecule has 1 amide bonds. The van der Waals surface area contributed by atoms with Crippen LogP contribution in [0.4, 0.5) is 10.1 Å². The molecule has 2 aromatic heterocycles. The molecule has 0 aromatic carbocycles. The Morgan fingerprint density at radius 1 is 1.58 bits per heavy atom. The predicted octanol–water partition coefficient (Wildman–Crippen LogP) is 3.09. The minimum Gasteiger partial charge on any atom is -0.465 e. The summed E-state index contributed by atoms with van der Waals surface area (Å²) in [4.78, 5) is 16.0. The SMILES string of the molecule is CC(C)c1nc(NC(=O)/C=C/c2ccco2)sc1N. The first-order valence-electron chi connectivity index (χ1n) is 5.85. The van der Waals surface area contributed by atoms with Gasteiger partial charge in [-0.25, -0.2) is 4.98 Å². The van der Waals surface area contributed by atoms with Crippen LogP contribution in [-0.4, -0.2) is 10.9 Å². The van der Waals surface area contributed by atoms with Crippen molar-refractivity contribution < 1.29 is 9.21 Å². The maximum absolute atomic E-state index is 11.7. The maximum atomic E-state index is 11.7. The van der Waals surface area contributed by atoms with E-state index in [-0.39, 0.29) is 11.8 Å². The van der Waals surface area contributed by atoms with E-state index in [1.54, 1.807) is 24.5 Å². The van der Waals surface area contributed by atoms with Crippen molar-refractivity contribution in [2.75, 3.05) is 11.1 Å². The molecule has 100 valence electrons. The zero-order chi connectivity index (χ0) is 13.8. The highest BCUT2D eigenvalue weighted by Crippen LogP contribution is 2.30. The number of aromatic nitrogens is 1. The number of thiazole rings is 1. The van der Waals surface area contributed by atoms with E-state index in [4.69, 9.17) is 10.2 Å². The van der Waals surface area contributed by atoms with Gasteiger partial charge in [0.15, 0.2) is 5.13 Å². The van der Waals surface area contributed by atoms with E-state index in [0.717, 1.165) is 5.69 Å². The summed E-state index contributed by atoms with van der Waals surface area (Å²) in [6.45, 7) is 4.02. The van der Waals surface area contributed by atoms with Crippen LogP contribution in [0.5, 0.6) is 0 Å². The highest BCUT2D eigenvalue weighted by Gasteiger charge is 2.12. The van der Waals surface area contributed by atoms with Gasteiger partial charge in [0.05, 0.1) is 12.0 Å². The summed E-state index contributed by atoms with van der Waals surface area (Å²) in [7, 11) is 0. The van der Waals surface area contributed by atoms with Crippen LogP contribution in [0, 0.1) is 0 Å². The average Bonchev–Trinajstić information content (AvgIpc) is 2.96. The third kappa shape index (κ3) is 3.45.